The predicted octanol–water partition coefficient (Wildman–Crippen LogP) is 0.953. The Balaban J connectivity index is 1.84. The molecule has 0 aromatic rings. The summed E-state index contributed by atoms with van der Waals surface area (Å²) in [7, 11) is 0. The van der Waals surface area contributed by atoms with E-state index in [-0.39, 0.29) is 5.97 Å². The number of esters is 1. The third-order valence-corrected chi connectivity index (χ3v) is 4.17. The molecule has 0 bridgehead atoms. The Hall–Kier alpha value is -0.830. The molecule has 0 aromatic carbocycles. The number of nitrogens with one attached hydrogen (secondary N) is 1. The largest absolute Gasteiger partial charge is 0.462 e. The summed E-state index contributed by atoms with van der Waals surface area (Å²) in [6.07, 6.45) is 9.82. The van der Waals surface area contributed by atoms with Gasteiger partial charge in [-0.1, -0.05) is 6.08 Å². The van der Waals surface area contributed by atoms with E-state index in [0.29, 0.717) is 12.5 Å². The molecule has 2 rings (SSSR count). The van der Waals surface area contributed by atoms with Gasteiger partial charge in [0.05, 0.1) is 19.1 Å². The average Bonchev–Trinajstić information content (AvgIpc) is 2.36. The van der Waals surface area contributed by atoms with Gasteiger partial charge >= 0.3 is 5.97 Å². The van der Waals surface area contributed by atoms with Crippen molar-refractivity contribution in [1.82, 2.24) is 0 Å². The molecular weight excluding hydrogens is 214 g/mol. The fourth-order valence-corrected chi connectivity index (χ4v) is 3.35. The van der Waals surface area contributed by atoms with Crippen molar-refractivity contribution < 1.29 is 14.4 Å². The molecule has 2 aliphatic heterocycles. The molecule has 2 aliphatic rings. The van der Waals surface area contributed by atoms with E-state index >= 15 is 0 Å². The van der Waals surface area contributed by atoms with Crippen LogP contribution in [0, 0.1) is 5.92 Å². The molecule has 0 aliphatic carbocycles. The van der Waals surface area contributed by atoms with E-state index in [1.54, 1.807) is 11.0 Å². The van der Waals surface area contributed by atoms with Crippen LogP contribution in [0.3, 0.4) is 0 Å². The maximum atomic E-state index is 11.3. The number of rotatable bonds is 3. The molecule has 2 heterocycles. The van der Waals surface area contributed by atoms with Gasteiger partial charge in [-0.15, -0.1) is 0 Å². The van der Waals surface area contributed by atoms with Crippen LogP contribution >= 0.6 is 0 Å². The summed E-state index contributed by atoms with van der Waals surface area (Å²) in [6, 6.07) is 0.746. The molecule has 3 heteroatoms. The molecule has 3 atom stereocenters. The Morgan fingerprint density at radius 2 is 2.12 bits per heavy atom. The summed E-state index contributed by atoms with van der Waals surface area (Å²) in [5, 5.41) is 0. The number of ether oxygens (including phenoxy) is 1. The van der Waals surface area contributed by atoms with Gasteiger partial charge < -0.3 is 9.64 Å². The molecular formula is C14H24NO2+. The first-order chi connectivity index (χ1) is 8.31. The maximum Gasteiger partial charge on any atom is 0.330 e. The van der Waals surface area contributed by atoms with E-state index in [1.807, 2.05) is 6.92 Å². The lowest BCUT2D eigenvalue weighted by atomic mass is 9.84. The number of carbonyl (C=O) groups excluding carboxylic acids is 1. The first-order valence-corrected chi connectivity index (χ1v) is 6.95. The lowest BCUT2D eigenvalue weighted by Crippen LogP contribution is -3.18. The minimum Gasteiger partial charge on any atom is -0.462 e. The van der Waals surface area contributed by atoms with Crippen molar-refractivity contribution in [2.24, 2.45) is 5.92 Å². The Bertz CT molecular complexity index is 286. The van der Waals surface area contributed by atoms with E-state index in [1.165, 1.54) is 51.3 Å². The Kier molecular flexibility index (Phi) is 4.60. The van der Waals surface area contributed by atoms with Crippen LogP contribution < -0.4 is 4.90 Å². The van der Waals surface area contributed by atoms with E-state index in [9.17, 15) is 4.79 Å². The molecule has 0 amide bonds. The molecule has 1 unspecified atom stereocenters. The summed E-state index contributed by atoms with van der Waals surface area (Å²) in [6.45, 7) is 5.11. The molecule has 2 saturated heterocycles. The van der Waals surface area contributed by atoms with Crippen molar-refractivity contribution in [2.45, 2.75) is 45.1 Å². The fourth-order valence-electron chi connectivity index (χ4n) is 3.35. The molecule has 17 heavy (non-hydrogen) atoms. The van der Waals surface area contributed by atoms with Crippen molar-refractivity contribution in [3.8, 4) is 0 Å². The average molecular weight is 238 g/mol. The number of carbonyl (C=O) groups is 1. The topological polar surface area (TPSA) is 30.7 Å². The molecule has 3 nitrogen and oxygen atoms in total. The number of quaternary nitrogens is 1. The zero-order valence-electron chi connectivity index (χ0n) is 10.8. The normalized spacial score (nSPS) is 33.4. The summed E-state index contributed by atoms with van der Waals surface area (Å²) in [5.74, 6) is 0.406. The second kappa shape index (κ2) is 6.20. The second-order valence-electron chi connectivity index (χ2n) is 5.29. The first-order valence-electron chi connectivity index (χ1n) is 6.95. The molecule has 0 spiro atoms. The highest BCUT2D eigenvalue weighted by Gasteiger charge is 2.36. The van der Waals surface area contributed by atoms with Crippen LogP contribution in [0.25, 0.3) is 0 Å². The van der Waals surface area contributed by atoms with Crippen molar-refractivity contribution >= 4 is 5.97 Å². The van der Waals surface area contributed by atoms with E-state index < -0.39 is 0 Å². The number of fused-ring (bicyclic) bond motifs is 1. The van der Waals surface area contributed by atoms with Crippen LogP contribution in [-0.4, -0.2) is 31.7 Å². The van der Waals surface area contributed by atoms with Crippen molar-refractivity contribution in [2.75, 3.05) is 19.7 Å². The first kappa shape index (κ1) is 12.6. The molecule has 0 saturated carbocycles. The van der Waals surface area contributed by atoms with Crippen molar-refractivity contribution in [3.63, 3.8) is 0 Å². The highest BCUT2D eigenvalue weighted by molar-refractivity contribution is 5.81. The Morgan fingerprint density at radius 3 is 2.94 bits per heavy atom. The summed E-state index contributed by atoms with van der Waals surface area (Å²) in [4.78, 5) is 13.1. The highest BCUT2D eigenvalue weighted by atomic mass is 16.5. The zero-order chi connectivity index (χ0) is 12.1. The van der Waals surface area contributed by atoms with Crippen molar-refractivity contribution in [1.29, 1.82) is 0 Å². The van der Waals surface area contributed by atoms with Gasteiger partial charge in [0.25, 0.3) is 0 Å². The Labute approximate surface area is 104 Å². The predicted molar refractivity (Wildman–Crippen MR) is 66.8 cm³/mol. The molecule has 1 N–H and O–H groups in total. The van der Waals surface area contributed by atoms with Crippen LogP contribution in [0.4, 0.5) is 0 Å². The third-order valence-electron chi connectivity index (χ3n) is 4.17. The van der Waals surface area contributed by atoms with Crippen LogP contribution in [0.5, 0.6) is 0 Å². The van der Waals surface area contributed by atoms with E-state index in [4.69, 9.17) is 4.74 Å². The van der Waals surface area contributed by atoms with Gasteiger partial charge in [-0.25, -0.2) is 4.79 Å². The monoisotopic (exact) mass is 238 g/mol. The standard InChI is InChI=1S/C14H23NO2/c1-2-6-14(16)17-11-12-7-5-10-15-9-4-3-8-13(12)15/h2,6,12-13H,3-5,7-11H2,1H3/p+1/t12-,13-/m1/s1. The lowest BCUT2D eigenvalue weighted by Gasteiger charge is -2.40. The number of allylic oxidation sites excluding steroid dienone is 1. The Morgan fingerprint density at radius 1 is 1.29 bits per heavy atom. The van der Waals surface area contributed by atoms with Gasteiger partial charge in [-0.05, 0) is 39.0 Å². The summed E-state index contributed by atoms with van der Waals surface area (Å²) < 4.78 is 5.33. The molecule has 0 aromatic heterocycles. The summed E-state index contributed by atoms with van der Waals surface area (Å²) >= 11 is 0. The van der Waals surface area contributed by atoms with E-state index in [0.717, 1.165) is 6.04 Å². The van der Waals surface area contributed by atoms with Gasteiger partial charge in [0.2, 0.25) is 0 Å². The van der Waals surface area contributed by atoms with Gasteiger partial charge in [0.15, 0.2) is 0 Å². The minimum atomic E-state index is -0.185. The van der Waals surface area contributed by atoms with Crippen molar-refractivity contribution in [3.05, 3.63) is 12.2 Å². The van der Waals surface area contributed by atoms with Gasteiger partial charge in [-0.3, -0.25) is 0 Å². The van der Waals surface area contributed by atoms with Crippen LogP contribution in [-0.2, 0) is 9.53 Å². The molecule has 0 radical (unpaired) electrons. The SMILES string of the molecule is CC=CC(=O)OC[C@H]1CCC[NH+]2CCCC[C@H]12. The quantitative estimate of drug-likeness (QED) is 0.586. The maximum absolute atomic E-state index is 11.3. The number of piperidine rings is 2. The third kappa shape index (κ3) is 3.32. The zero-order valence-corrected chi connectivity index (χ0v) is 10.8. The van der Waals surface area contributed by atoms with Gasteiger partial charge in [-0.2, -0.15) is 0 Å². The number of hydrogen-bond acceptors (Lipinski definition) is 2. The lowest BCUT2D eigenvalue weighted by molar-refractivity contribution is -0.940. The molecule has 2 fully saturated rings. The fraction of sp³-hybridized carbons (Fsp3) is 0.786. The summed E-state index contributed by atoms with van der Waals surface area (Å²) in [5.41, 5.74) is 0. The van der Waals surface area contributed by atoms with Crippen LogP contribution in [0.15, 0.2) is 12.2 Å². The highest BCUT2D eigenvalue weighted by Crippen LogP contribution is 2.20. The smallest absolute Gasteiger partial charge is 0.330 e. The van der Waals surface area contributed by atoms with E-state index in [2.05, 4.69) is 0 Å². The van der Waals surface area contributed by atoms with Crippen LogP contribution in [0.2, 0.25) is 0 Å². The van der Waals surface area contributed by atoms with Gasteiger partial charge in [0, 0.05) is 12.0 Å². The number of hydrogen-bond donors (Lipinski definition) is 1. The second-order valence-corrected chi connectivity index (χ2v) is 5.29. The minimum absolute atomic E-state index is 0.185. The van der Waals surface area contributed by atoms with Gasteiger partial charge in [0.1, 0.15) is 6.61 Å². The van der Waals surface area contributed by atoms with Crippen LogP contribution in [0.1, 0.15) is 39.0 Å². The molecule has 96 valence electrons.